The first-order valence-electron chi connectivity index (χ1n) is 5.89. The fourth-order valence-corrected chi connectivity index (χ4v) is 2.01. The van der Waals surface area contributed by atoms with Gasteiger partial charge in [-0.1, -0.05) is 17.7 Å². The Balaban J connectivity index is 1.94. The number of halogens is 1. The molecule has 3 N–H and O–H groups in total. The Hall–Kier alpha value is -2.01. The lowest BCUT2D eigenvalue weighted by molar-refractivity contribution is 0.0953. The van der Waals surface area contributed by atoms with Gasteiger partial charge in [-0.2, -0.15) is 5.10 Å². The summed E-state index contributed by atoms with van der Waals surface area (Å²) in [5.74, 6) is -0.271. The summed E-state index contributed by atoms with van der Waals surface area (Å²) in [5.41, 5.74) is 7.53. The van der Waals surface area contributed by atoms with E-state index in [4.69, 9.17) is 17.3 Å². The average Bonchev–Trinajstić information content (AvgIpc) is 2.75. The lowest BCUT2D eigenvalue weighted by Crippen LogP contribution is -2.28. The van der Waals surface area contributed by atoms with Crippen molar-refractivity contribution in [3.8, 4) is 0 Å². The van der Waals surface area contributed by atoms with Crippen molar-refractivity contribution in [2.24, 2.45) is 0 Å². The molecule has 1 aromatic carbocycles. The van der Waals surface area contributed by atoms with Crippen LogP contribution in [0.15, 0.2) is 30.6 Å². The van der Waals surface area contributed by atoms with E-state index in [0.29, 0.717) is 29.4 Å². The van der Waals surface area contributed by atoms with Crippen LogP contribution in [0.2, 0.25) is 5.02 Å². The predicted molar refractivity (Wildman–Crippen MR) is 75.2 cm³/mol. The number of benzene rings is 1. The number of rotatable bonds is 4. The third-order valence-electron chi connectivity index (χ3n) is 2.66. The van der Waals surface area contributed by atoms with Crippen LogP contribution in [0.3, 0.4) is 0 Å². The molecule has 0 saturated heterocycles. The van der Waals surface area contributed by atoms with E-state index in [9.17, 15) is 4.79 Å². The number of carbonyl (C=O) groups excluding carboxylic acids is 1. The maximum absolute atomic E-state index is 12.0. The van der Waals surface area contributed by atoms with Crippen LogP contribution < -0.4 is 11.1 Å². The first kappa shape index (κ1) is 13.4. The Morgan fingerprint density at radius 2 is 2.32 bits per heavy atom. The van der Waals surface area contributed by atoms with Crippen LogP contribution in [0.4, 0.5) is 5.69 Å². The normalized spacial score (nSPS) is 10.4. The second-order valence-corrected chi connectivity index (χ2v) is 4.65. The molecule has 0 bridgehead atoms. The summed E-state index contributed by atoms with van der Waals surface area (Å²) in [5, 5.41) is 7.26. The Labute approximate surface area is 116 Å². The molecule has 1 heterocycles. The van der Waals surface area contributed by atoms with Crippen molar-refractivity contribution in [2.75, 3.05) is 12.3 Å². The van der Waals surface area contributed by atoms with Gasteiger partial charge < -0.3 is 11.1 Å². The second kappa shape index (κ2) is 5.75. The molecule has 1 aromatic heterocycles. The maximum Gasteiger partial charge on any atom is 0.254 e. The van der Waals surface area contributed by atoms with Crippen LogP contribution in [-0.4, -0.2) is 22.2 Å². The van der Waals surface area contributed by atoms with Gasteiger partial charge in [-0.15, -0.1) is 0 Å². The fraction of sp³-hybridized carbons (Fsp3) is 0.231. The summed E-state index contributed by atoms with van der Waals surface area (Å²) in [7, 11) is 0. The highest BCUT2D eigenvalue weighted by molar-refractivity contribution is 6.34. The molecular formula is C13H15ClN4O. The largest absolute Gasteiger partial charge is 0.398 e. The number of aryl methyl sites for hydroxylation is 1. The Bertz CT molecular complexity index is 574. The molecule has 0 unspecified atom stereocenters. The van der Waals surface area contributed by atoms with Crippen molar-refractivity contribution in [2.45, 2.75) is 13.5 Å². The van der Waals surface area contributed by atoms with Gasteiger partial charge in [0.15, 0.2) is 0 Å². The third kappa shape index (κ3) is 3.26. The van der Waals surface area contributed by atoms with Gasteiger partial charge in [-0.25, -0.2) is 0 Å². The van der Waals surface area contributed by atoms with E-state index in [2.05, 4.69) is 10.4 Å². The molecule has 2 rings (SSSR count). The number of amides is 1. The van der Waals surface area contributed by atoms with Gasteiger partial charge in [0.25, 0.3) is 5.91 Å². The lowest BCUT2D eigenvalue weighted by atomic mass is 10.1. The monoisotopic (exact) mass is 278 g/mol. The zero-order valence-electron chi connectivity index (χ0n) is 10.6. The minimum atomic E-state index is -0.271. The first-order valence-corrected chi connectivity index (χ1v) is 6.27. The molecule has 0 aliphatic carbocycles. The fourth-order valence-electron chi connectivity index (χ4n) is 1.74. The van der Waals surface area contributed by atoms with Crippen LogP contribution in [0.25, 0.3) is 0 Å². The summed E-state index contributed by atoms with van der Waals surface area (Å²) >= 11 is 5.97. The number of nitrogen functional groups attached to an aromatic ring is 1. The highest BCUT2D eigenvalue weighted by Gasteiger charge is 2.13. The van der Waals surface area contributed by atoms with Gasteiger partial charge in [-0.05, 0) is 24.6 Å². The molecule has 0 aliphatic heterocycles. The van der Waals surface area contributed by atoms with Crippen LogP contribution in [0, 0.1) is 6.92 Å². The standard InChI is InChI=1S/C13H15ClN4O/c1-9-7-17-18(8-9)6-5-16-13(19)12-10(14)3-2-4-11(12)15/h2-4,7-8H,5-6,15H2,1H3,(H,16,19). The SMILES string of the molecule is Cc1cnn(CCNC(=O)c2c(N)cccc2Cl)c1. The van der Waals surface area contributed by atoms with Crippen LogP contribution in [0.1, 0.15) is 15.9 Å². The average molecular weight is 279 g/mol. The minimum Gasteiger partial charge on any atom is -0.398 e. The van der Waals surface area contributed by atoms with E-state index >= 15 is 0 Å². The smallest absolute Gasteiger partial charge is 0.254 e. The number of hydrogen-bond acceptors (Lipinski definition) is 3. The van der Waals surface area contributed by atoms with Crippen molar-refractivity contribution in [1.82, 2.24) is 15.1 Å². The van der Waals surface area contributed by atoms with Gasteiger partial charge >= 0.3 is 0 Å². The summed E-state index contributed by atoms with van der Waals surface area (Å²) in [6.07, 6.45) is 3.68. The number of nitrogens with one attached hydrogen (secondary N) is 1. The van der Waals surface area contributed by atoms with E-state index in [0.717, 1.165) is 5.56 Å². The number of carbonyl (C=O) groups is 1. The number of aromatic nitrogens is 2. The summed E-state index contributed by atoms with van der Waals surface area (Å²) in [6, 6.07) is 5.00. The van der Waals surface area contributed by atoms with Crippen LogP contribution in [-0.2, 0) is 6.54 Å². The molecule has 0 fully saturated rings. The van der Waals surface area contributed by atoms with Crippen molar-refractivity contribution >= 4 is 23.2 Å². The van der Waals surface area contributed by atoms with Crippen LogP contribution in [0.5, 0.6) is 0 Å². The molecular weight excluding hydrogens is 264 g/mol. The van der Waals surface area contributed by atoms with Crippen molar-refractivity contribution in [3.63, 3.8) is 0 Å². The molecule has 0 radical (unpaired) electrons. The molecule has 5 nitrogen and oxygen atoms in total. The van der Waals surface area contributed by atoms with E-state index in [1.54, 1.807) is 29.1 Å². The van der Waals surface area contributed by atoms with Gasteiger partial charge in [0, 0.05) is 18.4 Å². The van der Waals surface area contributed by atoms with Crippen molar-refractivity contribution in [3.05, 3.63) is 46.7 Å². The molecule has 0 aliphatic rings. The van der Waals surface area contributed by atoms with Crippen molar-refractivity contribution in [1.29, 1.82) is 0 Å². The molecule has 2 aromatic rings. The van der Waals surface area contributed by atoms with Gasteiger partial charge in [0.2, 0.25) is 0 Å². The van der Waals surface area contributed by atoms with Gasteiger partial charge in [0.05, 0.1) is 23.3 Å². The molecule has 100 valence electrons. The number of nitrogens with zero attached hydrogens (tertiary/aromatic N) is 2. The Morgan fingerprint density at radius 3 is 2.95 bits per heavy atom. The highest BCUT2D eigenvalue weighted by atomic mass is 35.5. The summed E-state index contributed by atoms with van der Waals surface area (Å²) < 4.78 is 1.77. The first-order chi connectivity index (χ1) is 9.08. The quantitative estimate of drug-likeness (QED) is 0.839. The second-order valence-electron chi connectivity index (χ2n) is 4.24. The van der Waals surface area contributed by atoms with E-state index < -0.39 is 0 Å². The van der Waals surface area contributed by atoms with Gasteiger partial charge in [-0.3, -0.25) is 9.48 Å². The molecule has 0 spiro atoms. The number of hydrogen-bond donors (Lipinski definition) is 2. The Morgan fingerprint density at radius 1 is 1.53 bits per heavy atom. The van der Waals surface area contributed by atoms with Crippen molar-refractivity contribution < 1.29 is 4.79 Å². The topological polar surface area (TPSA) is 72.9 Å². The summed E-state index contributed by atoms with van der Waals surface area (Å²) in [4.78, 5) is 12.0. The van der Waals surface area contributed by atoms with Gasteiger partial charge in [0.1, 0.15) is 0 Å². The van der Waals surface area contributed by atoms with E-state index in [1.165, 1.54) is 0 Å². The predicted octanol–water partition coefficient (Wildman–Crippen LogP) is 1.86. The molecule has 0 saturated carbocycles. The number of anilines is 1. The highest BCUT2D eigenvalue weighted by Crippen LogP contribution is 2.21. The zero-order chi connectivity index (χ0) is 13.8. The number of nitrogens with two attached hydrogens (primary N) is 1. The zero-order valence-corrected chi connectivity index (χ0v) is 11.3. The molecule has 6 heteroatoms. The Kier molecular flexibility index (Phi) is 4.06. The maximum atomic E-state index is 12.0. The molecule has 19 heavy (non-hydrogen) atoms. The molecule has 0 atom stereocenters. The summed E-state index contributed by atoms with van der Waals surface area (Å²) in [6.45, 7) is 3.03. The minimum absolute atomic E-state index is 0.271. The van der Waals surface area contributed by atoms with Crippen LogP contribution >= 0.6 is 11.6 Å². The lowest BCUT2D eigenvalue weighted by Gasteiger charge is -2.09. The van der Waals surface area contributed by atoms with E-state index in [-0.39, 0.29) is 5.91 Å². The molecule has 1 amide bonds. The third-order valence-corrected chi connectivity index (χ3v) is 2.98. The van der Waals surface area contributed by atoms with E-state index in [1.807, 2.05) is 13.1 Å².